The quantitative estimate of drug-likeness (QED) is 0.884. The molecule has 0 atom stereocenters. The molecule has 1 N–H and O–H groups in total. The van der Waals surface area contributed by atoms with Gasteiger partial charge in [-0.2, -0.15) is 0 Å². The van der Waals surface area contributed by atoms with E-state index in [0.29, 0.717) is 6.61 Å². The zero-order chi connectivity index (χ0) is 15.3. The van der Waals surface area contributed by atoms with E-state index in [1.54, 1.807) is 6.20 Å². The lowest BCUT2D eigenvalue weighted by Gasteiger charge is -2.19. The fraction of sp³-hybridized carbons (Fsp3) is 0.389. The molecule has 1 heterocycles. The average molecular weight is 284 g/mol. The Balaban J connectivity index is 1.98. The van der Waals surface area contributed by atoms with Crippen LogP contribution < -0.4 is 10.1 Å². The Kier molecular flexibility index (Phi) is 4.84. The van der Waals surface area contributed by atoms with Crippen LogP contribution in [0.15, 0.2) is 42.6 Å². The number of nitrogens with zero attached hydrogens (tertiary/aromatic N) is 1. The molecule has 0 saturated heterocycles. The third kappa shape index (κ3) is 4.48. The maximum atomic E-state index is 5.80. The molecule has 0 aliphatic carbocycles. The van der Waals surface area contributed by atoms with Gasteiger partial charge in [0, 0.05) is 18.4 Å². The van der Waals surface area contributed by atoms with Crippen LogP contribution in [0.25, 0.3) is 0 Å². The van der Waals surface area contributed by atoms with Crippen LogP contribution in [0, 0.1) is 0 Å². The van der Waals surface area contributed by atoms with Gasteiger partial charge in [-0.15, -0.1) is 0 Å². The molecule has 0 saturated carbocycles. The van der Waals surface area contributed by atoms with Crippen molar-refractivity contribution in [1.82, 2.24) is 4.98 Å². The van der Waals surface area contributed by atoms with E-state index in [4.69, 9.17) is 4.74 Å². The summed E-state index contributed by atoms with van der Waals surface area (Å²) in [4.78, 5) is 4.33. The van der Waals surface area contributed by atoms with E-state index in [1.807, 2.05) is 24.3 Å². The van der Waals surface area contributed by atoms with Crippen molar-refractivity contribution in [3.8, 4) is 5.75 Å². The average Bonchev–Trinajstić information content (AvgIpc) is 2.45. The predicted octanol–water partition coefficient (Wildman–Crippen LogP) is 4.39. The zero-order valence-corrected chi connectivity index (χ0v) is 13.3. The van der Waals surface area contributed by atoms with Crippen molar-refractivity contribution in [3.05, 3.63) is 53.9 Å². The normalized spacial score (nSPS) is 11.2. The first-order chi connectivity index (χ1) is 9.99. The van der Waals surface area contributed by atoms with Gasteiger partial charge in [0.15, 0.2) is 0 Å². The van der Waals surface area contributed by atoms with E-state index in [2.05, 4.69) is 50.1 Å². The number of rotatable bonds is 5. The predicted molar refractivity (Wildman–Crippen MR) is 87.9 cm³/mol. The molecule has 0 aliphatic rings. The van der Waals surface area contributed by atoms with Crippen molar-refractivity contribution in [3.63, 3.8) is 0 Å². The molecule has 0 spiro atoms. The minimum atomic E-state index is 0.167. The highest BCUT2D eigenvalue weighted by atomic mass is 16.5. The van der Waals surface area contributed by atoms with Crippen molar-refractivity contribution in [2.24, 2.45) is 0 Å². The van der Waals surface area contributed by atoms with Gasteiger partial charge in [-0.05, 0) is 42.2 Å². The Morgan fingerprint density at radius 2 is 1.81 bits per heavy atom. The number of benzene rings is 1. The smallest absolute Gasteiger partial charge is 0.130 e. The molecule has 0 amide bonds. The largest absolute Gasteiger partial charge is 0.487 e. The Labute approximate surface area is 127 Å². The zero-order valence-electron chi connectivity index (χ0n) is 13.3. The van der Waals surface area contributed by atoms with Crippen LogP contribution in [0.5, 0.6) is 5.75 Å². The molecule has 21 heavy (non-hydrogen) atoms. The summed E-state index contributed by atoms with van der Waals surface area (Å²) in [5.41, 5.74) is 3.48. The van der Waals surface area contributed by atoms with Crippen molar-refractivity contribution in [2.45, 2.75) is 39.7 Å². The van der Waals surface area contributed by atoms with Gasteiger partial charge in [0.25, 0.3) is 0 Å². The molecule has 3 heteroatoms. The van der Waals surface area contributed by atoms with Crippen LogP contribution >= 0.6 is 0 Å². The summed E-state index contributed by atoms with van der Waals surface area (Å²) in [5.74, 6) is 0.874. The molecule has 1 aromatic carbocycles. The van der Waals surface area contributed by atoms with E-state index in [1.165, 1.54) is 5.56 Å². The van der Waals surface area contributed by atoms with Gasteiger partial charge < -0.3 is 10.1 Å². The lowest BCUT2D eigenvalue weighted by molar-refractivity contribution is 0.301. The minimum absolute atomic E-state index is 0.167. The van der Waals surface area contributed by atoms with E-state index < -0.39 is 0 Å². The highest BCUT2D eigenvalue weighted by molar-refractivity contribution is 5.43. The molecule has 3 nitrogen and oxygen atoms in total. The summed E-state index contributed by atoms with van der Waals surface area (Å²) >= 11 is 0. The number of pyridine rings is 1. The Bertz CT molecular complexity index is 571. The van der Waals surface area contributed by atoms with E-state index in [0.717, 1.165) is 23.7 Å². The Hall–Kier alpha value is -2.03. The lowest BCUT2D eigenvalue weighted by atomic mass is 9.87. The monoisotopic (exact) mass is 284 g/mol. The summed E-state index contributed by atoms with van der Waals surface area (Å²) in [5, 5.41) is 3.27. The summed E-state index contributed by atoms with van der Waals surface area (Å²) in [7, 11) is 0. The third-order valence-electron chi connectivity index (χ3n) is 3.30. The number of aromatic nitrogens is 1. The van der Waals surface area contributed by atoms with Crippen LogP contribution in [0.1, 0.15) is 39.0 Å². The van der Waals surface area contributed by atoms with Gasteiger partial charge in [-0.3, -0.25) is 4.98 Å². The van der Waals surface area contributed by atoms with Crippen molar-refractivity contribution in [1.29, 1.82) is 0 Å². The summed E-state index contributed by atoms with van der Waals surface area (Å²) < 4.78 is 5.80. The topological polar surface area (TPSA) is 34.2 Å². The first kappa shape index (κ1) is 15.4. The van der Waals surface area contributed by atoms with Gasteiger partial charge in [0.1, 0.15) is 12.4 Å². The molecule has 0 bridgehead atoms. The second kappa shape index (κ2) is 6.61. The van der Waals surface area contributed by atoms with Crippen LogP contribution in [-0.4, -0.2) is 11.5 Å². The van der Waals surface area contributed by atoms with E-state index in [-0.39, 0.29) is 5.41 Å². The molecule has 2 rings (SSSR count). The first-order valence-corrected chi connectivity index (χ1v) is 7.41. The van der Waals surface area contributed by atoms with Gasteiger partial charge in [-0.25, -0.2) is 0 Å². The summed E-state index contributed by atoms with van der Waals surface area (Å²) in [6.07, 6.45) is 1.80. The molecule has 0 fully saturated rings. The van der Waals surface area contributed by atoms with Gasteiger partial charge in [0.05, 0.1) is 5.69 Å². The second-order valence-corrected chi connectivity index (χ2v) is 6.13. The van der Waals surface area contributed by atoms with Crippen LogP contribution in [0.2, 0.25) is 0 Å². The van der Waals surface area contributed by atoms with Gasteiger partial charge in [-0.1, -0.05) is 32.9 Å². The fourth-order valence-electron chi connectivity index (χ4n) is 2.08. The Morgan fingerprint density at radius 1 is 1.10 bits per heavy atom. The van der Waals surface area contributed by atoms with E-state index >= 15 is 0 Å². The third-order valence-corrected chi connectivity index (χ3v) is 3.30. The summed E-state index contributed by atoms with van der Waals surface area (Å²) in [6.45, 7) is 10.1. The molecule has 112 valence electrons. The number of hydrogen-bond donors (Lipinski definition) is 1. The summed E-state index contributed by atoms with van der Waals surface area (Å²) in [6, 6.07) is 12.3. The molecule has 0 unspecified atom stereocenters. The molecular formula is C18H24N2O. The van der Waals surface area contributed by atoms with Gasteiger partial charge >= 0.3 is 0 Å². The standard InChI is InChI=1S/C18H24N2O/c1-5-19-15-10-11-20-16(12-15)13-21-17-8-6-14(7-9-17)18(2,3)4/h6-12H,5,13H2,1-4H3,(H,19,20). The van der Waals surface area contributed by atoms with Crippen molar-refractivity contribution in [2.75, 3.05) is 11.9 Å². The number of anilines is 1. The van der Waals surface area contributed by atoms with E-state index in [9.17, 15) is 0 Å². The Morgan fingerprint density at radius 3 is 2.43 bits per heavy atom. The maximum Gasteiger partial charge on any atom is 0.130 e. The molecular weight excluding hydrogens is 260 g/mol. The SMILES string of the molecule is CCNc1ccnc(COc2ccc(C(C)(C)C)cc2)c1. The first-order valence-electron chi connectivity index (χ1n) is 7.41. The maximum absolute atomic E-state index is 5.80. The number of nitrogens with one attached hydrogen (secondary N) is 1. The van der Waals surface area contributed by atoms with Crippen LogP contribution in [-0.2, 0) is 12.0 Å². The number of hydrogen-bond acceptors (Lipinski definition) is 3. The fourth-order valence-corrected chi connectivity index (χ4v) is 2.08. The molecule has 2 aromatic rings. The van der Waals surface area contributed by atoms with Crippen LogP contribution in [0.4, 0.5) is 5.69 Å². The van der Waals surface area contributed by atoms with Gasteiger partial charge in [0.2, 0.25) is 0 Å². The number of ether oxygens (including phenoxy) is 1. The molecule has 1 aromatic heterocycles. The minimum Gasteiger partial charge on any atom is -0.487 e. The molecule has 0 aliphatic heterocycles. The molecule has 0 radical (unpaired) electrons. The van der Waals surface area contributed by atoms with Crippen LogP contribution in [0.3, 0.4) is 0 Å². The highest BCUT2D eigenvalue weighted by Crippen LogP contribution is 2.24. The highest BCUT2D eigenvalue weighted by Gasteiger charge is 2.12. The second-order valence-electron chi connectivity index (χ2n) is 6.13. The lowest BCUT2D eigenvalue weighted by Crippen LogP contribution is -2.10. The van der Waals surface area contributed by atoms with Crippen molar-refractivity contribution < 1.29 is 4.74 Å². The van der Waals surface area contributed by atoms with Crippen molar-refractivity contribution >= 4 is 5.69 Å².